The van der Waals surface area contributed by atoms with Crippen molar-refractivity contribution in [3.8, 4) is 5.69 Å². The molecule has 3 aromatic rings. The fourth-order valence-corrected chi connectivity index (χ4v) is 2.13. The first-order valence-corrected chi connectivity index (χ1v) is 5.87. The summed E-state index contributed by atoms with van der Waals surface area (Å²) < 4.78 is 1.58. The minimum absolute atomic E-state index is 0.0823. The van der Waals surface area contributed by atoms with Crippen LogP contribution in [0.3, 0.4) is 0 Å². The summed E-state index contributed by atoms with van der Waals surface area (Å²) in [6, 6.07) is 8.85. The van der Waals surface area contributed by atoms with E-state index in [4.69, 9.17) is 11.6 Å². The number of rotatable bonds is 1. The van der Waals surface area contributed by atoms with Crippen molar-refractivity contribution in [3.05, 3.63) is 57.7 Å². The van der Waals surface area contributed by atoms with E-state index in [-0.39, 0.29) is 5.56 Å². The van der Waals surface area contributed by atoms with Crippen molar-refractivity contribution in [1.82, 2.24) is 14.5 Å². The quantitative estimate of drug-likeness (QED) is 0.730. The predicted molar refractivity (Wildman–Crippen MR) is 71.4 cm³/mol. The van der Waals surface area contributed by atoms with E-state index in [1.165, 1.54) is 0 Å². The van der Waals surface area contributed by atoms with Crippen molar-refractivity contribution in [2.75, 3.05) is 0 Å². The van der Waals surface area contributed by atoms with Gasteiger partial charge in [-0.05, 0) is 37.3 Å². The average Bonchev–Trinajstić information content (AvgIpc) is 2.80. The number of aryl methyl sites for hydroxylation is 1. The highest BCUT2D eigenvalue weighted by Crippen LogP contribution is 2.14. The maximum absolute atomic E-state index is 12.4. The van der Waals surface area contributed by atoms with Gasteiger partial charge in [-0.15, -0.1) is 0 Å². The molecule has 18 heavy (non-hydrogen) atoms. The fraction of sp³-hybridized carbons (Fsp3) is 0.0769. The minimum Gasteiger partial charge on any atom is -0.346 e. The van der Waals surface area contributed by atoms with Crippen LogP contribution < -0.4 is 5.56 Å². The smallest absolute Gasteiger partial charge is 0.267 e. The Morgan fingerprint density at radius 1 is 1.22 bits per heavy atom. The van der Waals surface area contributed by atoms with Crippen molar-refractivity contribution in [3.63, 3.8) is 0 Å². The zero-order valence-corrected chi connectivity index (χ0v) is 10.4. The van der Waals surface area contributed by atoms with E-state index in [2.05, 4.69) is 9.97 Å². The molecule has 90 valence electrons. The molecule has 0 amide bonds. The second kappa shape index (κ2) is 3.99. The number of nitrogens with one attached hydrogen (secondary N) is 1. The van der Waals surface area contributed by atoms with Crippen molar-refractivity contribution in [1.29, 1.82) is 0 Å². The summed E-state index contributed by atoms with van der Waals surface area (Å²) in [5.74, 6) is 0.636. The molecule has 3 rings (SSSR count). The second-order valence-corrected chi connectivity index (χ2v) is 4.45. The lowest BCUT2D eigenvalue weighted by Gasteiger charge is -2.09. The highest BCUT2D eigenvalue weighted by atomic mass is 35.5. The molecule has 2 aromatic heterocycles. The molecule has 0 spiro atoms. The summed E-state index contributed by atoms with van der Waals surface area (Å²) in [5.41, 5.74) is 1.29. The van der Waals surface area contributed by atoms with Crippen molar-refractivity contribution in [2.45, 2.75) is 6.92 Å². The van der Waals surface area contributed by atoms with Gasteiger partial charge in [0.2, 0.25) is 0 Å². The molecule has 5 heteroatoms. The first kappa shape index (κ1) is 11.0. The number of fused-ring (bicyclic) bond motifs is 1. The number of hydrogen-bond acceptors (Lipinski definition) is 2. The van der Waals surface area contributed by atoms with Crippen molar-refractivity contribution < 1.29 is 0 Å². The highest BCUT2D eigenvalue weighted by molar-refractivity contribution is 6.30. The van der Waals surface area contributed by atoms with Crippen LogP contribution in [0.25, 0.3) is 16.7 Å². The van der Waals surface area contributed by atoms with Crippen LogP contribution in [0.5, 0.6) is 0 Å². The SMILES string of the molecule is Cc1nc2[nH]ccc2c(=O)n1-c1ccc(Cl)cc1. The van der Waals surface area contributed by atoms with E-state index >= 15 is 0 Å². The Kier molecular flexibility index (Phi) is 2.45. The summed E-state index contributed by atoms with van der Waals surface area (Å²) in [7, 11) is 0. The van der Waals surface area contributed by atoms with Gasteiger partial charge >= 0.3 is 0 Å². The van der Waals surface area contributed by atoms with Gasteiger partial charge in [-0.3, -0.25) is 9.36 Å². The largest absolute Gasteiger partial charge is 0.346 e. The number of benzene rings is 1. The first-order chi connectivity index (χ1) is 8.66. The number of hydrogen-bond donors (Lipinski definition) is 1. The maximum Gasteiger partial charge on any atom is 0.267 e. The highest BCUT2D eigenvalue weighted by Gasteiger charge is 2.10. The molecule has 0 aliphatic heterocycles. The molecule has 0 unspecified atom stereocenters. The molecular weight excluding hydrogens is 250 g/mol. The van der Waals surface area contributed by atoms with Gasteiger partial charge in [-0.25, -0.2) is 4.98 Å². The molecule has 0 atom stereocenters. The molecule has 4 nitrogen and oxygen atoms in total. The molecule has 0 saturated carbocycles. The number of H-pyrrole nitrogens is 1. The summed E-state index contributed by atoms with van der Waals surface area (Å²) in [6.45, 7) is 1.80. The molecule has 0 bridgehead atoms. The molecular formula is C13H10ClN3O. The standard InChI is InChI=1S/C13H10ClN3O/c1-8-16-12-11(6-7-15-12)13(18)17(8)10-4-2-9(14)3-5-10/h2-7,15H,1H3. The average molecular weight is 260 g/mol. The Bertz CT molecular complexity index is 771. The van der Waals surface area contributed by atoms with E-state index in [0.717, 1.165) is 5.69 Å². The third-order valence-electron chi connectivity index (χ3n) is 2.84. The summed E-state index contributed by atoms with van der Waals surface area (Å²) in [6.07, 6.45) is 1.71. The van der Waals surface area contributed by atoms with Gasteiger partial charge in [-0.2, -0.15) is 0 Å². The van der Waals surface area contributed by atoms with E-state index in [1.807, 2.05) is 0 Å². The van der Waals surface area contributed by atoms with Crippen LogP contribution in [0.15, 0.2) is 41.3 Å². The maximum atomic E-state index is 12.4. The molecule has 2 heterocycles. The Morgan fingerprint density at radius 2 is 1.94 bits per heavy atom. The first-order valence-electron chi connectivity index (χ1n) is 5.49. The van der Waals surface area contributed by atoms with Crippen LogP contribution in [0.4, 0.5) is 0 Å². The Morgan fingerprint density at radius 3 is 2.67 bits per heavy atom. The molecule has 1 N–H and O–H groups in total. The van der Waals surface area contributed by atoms with Crippen LogP contribution in [-0.4, -0.2) is 14.5 Å². The third kappa shape index (κ3) is 1.62. The predicted octanol–water partition coefficient (Wildman–Crippen LogP) is 2.68. The molecule has 0 aliphatic carbocycles. The normalized spacial score (nSPS) is 11.0. The monoisotopic (exact) mass is 259 g/mol. The van der Waals surface area contributed by atoms with Crippen LogP contribution >= 0.6 is 11.6 Å². The zero-order valence-electron chi connectivity index (χ0n) is 9.64. The Hall–Kier alpha value is -2.07. The number of aromatic amines is 1. The molecule has 0 saturated heterocycles. The van der Waals surface area contributed by atoms with E-state index in [9.17, 15) is 4.79 Å². The van der Waals surface area contributed by atoms with Gasteiger partial charge in [0.1, 0.15) is 11.5 Å². The van der Waals surface area contributed by atoms with Crippen molar-refractivity contribution >= 4 is 22.6 Å². The van der Waals surface area contributed by atoms with Gasteiger partial charge in [0, 0.05) is 11.2 Å². The zero-order chi connectivity index (χ0) is 12.7. The lowest BCUT2D eigenvalue weighted by atomic mass is 10.3. The fourth-order valence-electron chi connectivity index (χ4n) is 2.00. The van der Waals surface area contributed by atoms with Crippen molar-refractivity contribution in [2.24, 2.45) is 0 Å². The van der Waals surface area contributed by atoms with Gasteiger partial charge in [0.15, 0.2) is 0 Å². The molecule has 0 fully saturated rings. The van der Waals surface area contributed by atoms with Crippen LogP contribution in [0.1, 0.15) is 5.82 Å². The molecule has 0 aliphatic rings. The number of nitrogens with zero attached hydrogens (tertiary/aromatic N) is 2. The van der Waals surface area contributed by atoms with Gasteiger partial charge in [0.05, 0.1) is 11.1 Å². The molecule has 1 aromatic carbocycles. The summed E-state index contributed by atoms with van der Waals surface area (Å²) in [4.78, 5) is 19.7. The topological polar surface area (TPSA) is 50.7 Å². The number of aromatic nitrogens is 3. The van der Waals surface area contributed by atoms with Gasteiger partial charge in [-0.1, -0.05) is 11.6 Å². The summed E-state index contributed by atoms with van der Waals surface area (Å²) >= 11 is 5.85. The summed E-state index contributed by atoms with van der Waals surface area (Å²) in [5, 5.41) is 1.22. The van der Waals surface area contributed by atoms with Crippen LogP contribution in [-0.2, 0) is 0 Å². The Balaban J connectivity index is 2.34. The van der Waals surface area contributed by atoms with Crippen LogP contribution in [0.2, 0.25) is 5.02 Å². The Labute approximate surface area is 108 Å². The second-order valence-electron chi connectivity index (χ2n) is 4.02. The minimum atomic E-state index is -0.0823. The van der Waals surface area contributed by atoms with E-state index in [1.54, 1.807) is 48.0 Å². The lowest BCUT2D eigenvalue weighted by molar-refractivity contribution is 0.892. The van der Waals surface area contributed by atoms with Gasteiger partial charge in [0.25, 0.3) is 5.56 Å². The van der Waals surface area contributed by atoms with E-state index in [0.29, 0.717) is 21.9 Å². The van der Waals surface area contributed by atoms with Crippen LogP contribution in [0, 0.1) is 6.92 Å². The third-order valence-corrected chi connectivity index (χ3v) is 3.09. The number of halogens is 1. The van der Waals surface area contributed by atoms with E-state index < -0.39 is 0 Å². The van der Waals surface area contributed by atoms with Gasteiger partial charge < -0.3 is 4.98 Å². The molecule has 0 radical (unpaired) electrons. The lowest BCUT2D eigenvalue weighted by Crippen LogP contribution is -2.21.